The molecule has 1 aliphatic rings. The number of Topliss-reactive ketones (excluding diaryl/α,β-unsaturated/α-hetero) is 1. The van der Waals surface area contributed by atoms with Gasteiger partial charge < -0.3 is 25.2 Å². The number of carbonyl (C=O) groups excluding carboxylic acids is 3. The number of ketones is 1. The minimum atomic E-state index is -0.802. The molecule has 0 aliphatic carbocycles. The fourth-order valence-electron chi connectivity index (χ4n) is 3.31. The van der Waals surface area contributed by atoms with Gasteiger partial charge in [0.05, 0.1) is 18.2 Å². The first-order valence-electron chi connectivity index (χ1n) is 9.38. The average Bonchev–Trinajstić information content (AvgIpc) is 3.01. The Morgan fingerprint density at radius 3 is 2.35 bits per heavy atom. The van der Waals surface area contributed by atoms with E-state index >= 15 is 0 Å². The number of aliphatic hydroxyl groups is 1. The van der Waals surface area contributed by atoms with Gasteiger partial charge in [-0.1, -0.05) is 40.2 Å². The first-order chi connectivity index (χ1) is 14.8. The Morgan fingerprint density at radius 2 is 1.77 bits per heavy atom. The smallest absolute Gasteiger partial charge is 0.295 e. The molecule has 1 atom stereocenters. The van der Waals surface area contributed by atoms with Crippen molar-refractivity contribution in [1.29, 1.82) is 0 Å². The van der Waals surface area contributed by atoms with Crippen LogP contribution in [0.1, 0.15) is 17.2 Å². The van der Waals surface area contributed by atoms with E-state index in [2.05, 4.69) is 15.9 Å². The molecule has 0 aromatic heterocycles. The summed E-state index contributed by atoms with van der Waals surface area (Å²) in [6.07, 6.45) is 0. The largest absolute Gasteiger partial charge is 0.507 e. The maximum atomic E-state index is 12.9. The second kappa shape index (κ2) is 9.76. The number of nitrogens with zero attached hydrogens (tertiary/aromatic N) is 1. The molecule has 8 nitrogen and oxygen atoms in total. The Balaban J connectivity index is 2.04. The van der Waals surface area contributed by atoms with E-state index in [0.29, 0.717) is 16.9 Å². The van der Waals surface area contributed by atoms with Gasteiger partial charge in [0.15, 0.2) is 6.61 Å². The summed E-state index contributed by atoms with van der Waals surface area (Å²) in [7, 11) is 1.50. The van der Waals surface area contributed by atoms with E-state index in [0.717, 1.165) is 4.47 Å². The number of ether oxygens (including phenoxy) is 2. The third-order valence-electron chi connectivity index (χ3n) is 4.77. The number of hydrogen-bond donors (Lipinski definition) is 2. The second-order valence-corrected chi connectivity index (χ2v) is 7.73. The first kappa shape index (κ1) is 22.5. The lowest BCUT2D eigenvalue weighted by Crippen LogP contribution is -2.32. The lowest BCUT2D eigenvalue weighted by molar-refractivity contribution is -0.140. The molecular formula is C22H21BrN2O6. The van der Waals surface area contributed by atoms with Crippen molar-refractivity contribution in [2.75, 3.05) is 26.9 Å². The zero-order chi connectivity index (χ0) is 22.5. The summed E-state index contributed by atoms with van der Waals surface area (Å²) >= 11 is 3.33. The van der Waals surface area contributed by atoms with Crippen LogP contribution in [-0.4, -0.2) is 54.5 Å². The summed E-state index contributed by atoms with van der Waals surface area (Å²) < 4.78 is 11.2. The number of carbonyl (C=O) groups is 3. The van der Waals surface area contributed by atoms with Crippen LogP contribution in [0.3, 0.4) is 0 Å². The normalized spacial score (nSPS) is 17.7. The summed E-state index contributed by atoms with van der Waals surface area (Å²) in [6.45, 7) is 0.125. The molecule has 3 rings (SSSR count). The van der Waals surface area contributed by atoms with Crippen molar-refractivity contribution in [2.45, 2.75) is 6.04 Å². The fraction of sp³-hybridized carbons (Fsp3) is 0.227. The summed E-state index contributed by atoms with van der Waals surface area (Å²) in [5.74, 6) is -1.94. The van der Waals surface area contributed by atoms with Gasteiger partial charge in [0.2, 0.25) is 0 Å². The molecule has 0 bridgehead atoms. The maximum Gasteiger partial charge on any atom is 0.295 e. The van der Waals surface area contributed by atoms with Crippen LogP contribution in [-0.2, 0) is 19.1 Å². The number of rotatable bonds is 8. The Bertz CT molecular complexity index is 1020. The number of amides is 2. The summed E-state index contributed by atoms with van der Waals surface area (Å²) in [5.41, 5.74) is 6.10. The zero-order valence-corrected chi connectivity index (χ0v) is 18.3. The van der Waals surface area contributed by atoms with Crippen LogP contribution in [0.2, 0.25) is 0 Å². The highest BCUT2D eigenvalue weighted by Crippen LogP contribution is 2.39. The molecule has 0 spiro atoms. The average molecular weight is 489 g/mol. The van der Waals surface area contributed by atoms with Crippen molar-refractivity contribution in [3.05, 3.63) is 69.7 Å². The van der Waals surface area contributed by atoms with Gasteiger partial charge in [-0.2, -0.15) is 0 Å². The van der Waals surface area contributed by atoms with E-state index < -0.39 is 23.6 Å². The molecule has 31 heavy (non-hydrogen) atoms. The molecule has 162 valence electrons. The predicted octanol–water partition coefficient (Wildman–Crippen LogP) is 2.38. The molecule has 3 N–H and O–H groups in total. The number of likely N-dealkylation sites (tertiary alicyclic amines) is 1. The van der Waals surface area contributed by atoms with Gasteiger partial charge in [0.25, 0.3) is 17.6 Å². The number of benzene rings is 2. The quantitative estimate of drug-likeness (QED) is 0.334. The Hall–Kier alpha value is -3.17. The second-order valence-electron chi connectivity index (χ2n) is 6.82. The van der Waals surface area contributed by atoms with E-state index in [4.69, 9.17) is 15.2 Å². The number of methoxy groups -OCH3 is 1. The van der Waals surface area contributed by atoms with Crippen LogP contribution in [0.5, 0.6) is 5.75 Å². The lowest BCUT2D eigenvalue weighted by Gasteiger charge is -2.25. The molecule has 2 aromatic carbocycles. The molecular weight excluding hydrogens is 468 g/mol. The molecule has 0 radical (unpaired) electrons. The van der Waals surface area contributed by atoms with Crippen molar-refractivity contribution in [3.63, 3.8) is 0 Å². The lowest BCUT2D eigenvalue weighted by atomic mass is 9.95. The molecule has 1 fully saturated rings. The SMILES string of the molecule is COCCN1C(=O)C(=O)C(=C(O)c2ccc(Br)cc2)[C@@H]1c1ccc(OCC(N)=O)cc1. The monoisotopic (exact) mass is 488 g/mol. The molecule has 1 heterocycles. The van der Waals surface area contributed by atoms with E-state index in [-0.39, 0.29) is 31.1 Å². The van der Waals surface area contributed by atoms with Crippen molar-refractivity contribution < 1.29 is 29.0 Å². The van der Waals surface area contributed by atoms with Gasteiger partial charge in [-0.05, 0) is 29.8 Å². The van der Waals surface area contributed by atoms with Gasteiger partial charge in [-0.3, -0.25) is 14.4 Å². The van der Waals surface area contributed by atoms with Crippen LogP contribution >= 0.6 is 15.9 Å². The Morgan fingerprint density at radius 1 is 1.13 bits per heavy atom. The minimum Gasteiger partial charge on any atom is -0.507 e. The summed E-state index contributed by atoms with van der Waals surface area (Å²) in [4.78, 5) is 37.9. The van der Waals surface area contributed by atoms with E-state index in [1.807, 2.05) is 0 Å². The highest BCUT2D eigenvalue weighted by atomic mass is 79.9. The zero-order valence-electron chi connectivity index (χ0n) is 16.7. The number of hydrogen-bond acceptors (Lipinski definition) is 6. The third-order valence-corrected chi connectivity index (χ3v) is 5.30. The molecule has 1 aliphatic heterocycles. The van der Waals surface area contributed by atoms with Crippen LogP contribution < -0.4 is 10.5 Å². The number of aliphatic hydroxyl groups excluding tert-OH is 1. The molecule has 0 saturated carbocycles. The van der Waals surface area contributed by atoms with Crippen molar-refractivity contribution in [3.8, 4) is 5.75 Å². The van der Waals surface area contributed by atoms with Crippen molar-refractivity contribution in [2.24, 2.45) is 5.73 Å². The van der Waals surface area contributed by atoms with E-state index in [9.17, 15) is 19.5 Å². The highest BCUT2D eigenvalue weighted by molar-refractivity contribution is 9.10. The van der Waals surface area contributed by atoms with Crippen molar-refractivity contribution in [1.82, 2.24) is 4.90 Å². The summed E-state index contributed by atoms with van der Waals surface area (Å²) in [6, 6.07) is 12.5. The number of primary amides is 1. The standard InChI is InChI=1S/C22H21BrN2O6/c1-30-11-10-25-19(13-4-8-16(9-5-13)31-12-17(24)26)18(21(28)22(25)29)20(27)14-2-6-15(23)7-3-14/h2-9,19,27H,10-12H2,1H3,(H2,24,26)/t19-/m0/s1. The highest BCUT2D eigenvalue weighted by Gasteiger charge is 2.45. The van der Waals surface area contributed by atoms with Gasteiger partial charge in [0, 0.05) is 23.7 Å². The van der Waals surface area contributed by atoms with Gasteiger partial charge in [0.1, 0.15) is 11.5 Å². The molecule has 2 amide bonds. The molecule has 9 heteroatoms. The van der Waals surface area contributed by atoms with E-state index in [1.165, 1.54) is 12.0 Å². The predicted molar refractivity (Wildman–Crippen MR) is 116 cm³/mol. The fourth-order valence-corrected chi connectivity index (χ4v) is 3.58. The molecule has 0 unspecified atom stereocenters. The van der Waals surface area contributed by atoms with Gasteiger partial charge >= 0.3 is 0 Å². The van der Waals surface area contributed by atoms with Gasteiger partial charge in [-0.15, -0.1) is 0 Å². The van der Waals surface area contributed by atoms with Crippen LogP contribution in [0.15, 0.2) is 58.6 Å². The third kappa shape index (κ3) is 4.95. The number of nitrogens with two attached hydrogens (primary N) is 1. The molecule has 1 saturated heterocycles. The molecule has 2 aromatic rings. The maximum absolute atomic E-state index is 12.9. The number of halogens is 1. The van der Waals surface area contributed by atoms with E-state index in [1.54, 1.807) is 48.5 Å². The Kier molecular flexibility index (Phi) is 7.09. The van der Waals surface area contributed by atoms with Crippen molar-refractivity contribution >= 4 is 39.3 Å². The van der Waals surface area contributed by atoms with Crippen LogP contribution in [0, 0.1) is 0 Å². The van der Waals surface area contributed by atoms with Crippen LogP contribution in [0.25, 0.3) is 5.76 Å². The first-order valence-corrected chi connectivity index (χ1v) is 10.2. The summed E-state index contributed by atoms with van der Waals surface area (Å²) in [5, 5.41) is 10.9. The topological polar surface area (TPSA) is 119 Å². The Labute approximate surface area is 187 Å². The van der Waals surface area contributed by atoms with Crippen LogP contribution in [0.4, 0.5) is 0 Å². The minimum absolute atomic E-state index is 0.00534. The van der Waals surface area contributed by atoms with Gasteiger partial charge in [-0.25, -0.2) is 0 Å².